The van der Waals surface area contributed by atoms with Crippen LogP contribution >= 0.6 is 0 Å². The zero-order valence-electron chi connectivity index (χ0n) is 19.7. The molecule has 0 bridgehead atoms. The van der Waals surface area contributed by atoms with Crippen LogP contribution in [0, 0.1) is 29.1 Å². The Hall–Kier alpha value is -0.520. The molecule has 0 nitrogen and oxygen atoms in total. The van der Waals surface area contributed by atoms with Crippen molar-refractivity contribution in [2.24, 2.45) is 29.1 Å². The van der Waals surface area contributed by atoms with Gasteiger partial charge in [-0.3, -0.25) is 0 Å². The highest BCUT2D eigenvalue weighted by molar-refractivity contribution is 5.18. The molecule has 0 heterocycles. The summed E-state index contributed by atoms with van der Waals surface area (Å²) in [5, 5.41) is 0. The number of fused-ring (bicyclic) bond motifs is 1. The van der Waals surface area contributed by atoms with Gasteiger partial charge in [0.2, 0.25) is 0 Å². The summed E-state index contributed by atoms with van der Waals surface area (Å²) in [6.45, 7) is 20.4. The summed E-state index contributed by atoms with van der Waals surface area (Å²) >= 11 is 0. The second-order valence-corrected chi connectivity index (χ2v) is 9.29. The predicted octanol–water partition coefficient (Wildman–Crippen LogP) is 9.22. The standard InChI is InChI=1S/C20H34.2C3H8/c1-6-17-11-8-14-20(5)18(12-13-19(17)20)16(4)10-7-9-15(2)3;2*1-3-2/h6-7,10,15-16,18-19H,8-9,11-14H2,1-5H3;2*3H2,1-2H3/b10-7+,17-6+;;/t16-,18?,19?,20?;;/m1../s1. The SMILES string of the molecule is C/C=C1\CCCC2(C)C1CCC2[C@H](C)/C=C/CC(C)C.CCC.CCC. The Morgan fingerprint density at radius 2 is 1.62 bits per heavy atom. The van der Waals surface area contributed by atoms with Crippen LogP contribution in [0.4, 0.5) is 0 Å². The van der Waals surface area contributed by atoms with Crippen LogP contribution in [0.15, 0.2) is 23.8 Å². The first-order chi connectivity index (χ1) is 12.3. The van der Waals surface area contributed by atoms with Gasteiger partial charge >= 0.3 is 0 Å². The van der Waals surface area contributed by atoms with Gasteiger partial charge in [0.05, 0.1) is 0 Å². The number of allylic oxidation sites excluding steroid dienone is 4. The predicted molar refractivity (Wildman–Crippen MR) is 122 cm³/mol. The van der Waals surface area contributed by atoms with E-state index in [4.69, 9.17) is 0 Å². The van der Waals surface area contributed by atoms with Gasteiger partial charge in [0.25, 0.3) is 0 Å². The smallest absolute Gasteiger partial charge is 0.0146 e. The summed E-state index contributed by atoms with van der Waals surface area (Å²) in [6.07, 6.45) is 18.2. The molecule has 0 aromatic heterocycles. The zero-order chi connectivity index (χ0) is 20.2. The average molecular weight is 363 g/mol. The van der Waals surface area contributed by atoms with Crippen LogP contribution in [0.5, 0.6) is 0 Å². The zero-order valence-corrected chi connectivity index (χ0v) is 19.7. The van der Waals surface area contributed by atoms with E-state index in [1.807, 2.05) is 0 Å². The van der Waals surface area contributed by atoms with Crippen molar-refractivity contribution in [3.63, 3.8) is 0 Å². The molecule has 154 valence electrons. The molecule has 0 spiro atoms. The molecule has 0 aliphatic heterocycles. The average Bonchev–Trinajstić information content (AvgIpc) is 2.93. The van der Waals surface area contributed by atoms with E-state index in [0.29, 0.717) is 5.41 Å². The van der Waals surface area contributed by atoms with Crippen molar-refractivity contribution in [2.45, 2.75) is 114 Å². The Kier molecular flexibility index (Phi) is 13.3. The van der Waals surface area contributed by atoms with E-state index in [2.05, 4.69) is 80.5 Å². The van der Waals surface area contributed by atoms with E-state index in [1.165, 1.54) is 51.4 Å². The lowest BCUT2D eigenvalue weighted by atomic mass is 9.61. The second kappa shape index (κ2) is 13.6. The first-order valence-electron chi connectivity index (χ1n) is 11.6. The van der Waals surface area contributed by atoms with E-state index >= 15 is 0 Å². The van der Waals surface area contributed by atoms with Crippen molar-refractivity contribution >= 4 is 0 Å². The molecule has 3 unspecified atom stereocenters. The molecular weight excluding hydrogens is 312 g/mol. The van der Waals surface area contributed by atoms with Crippen molar-refractivity contribution in [1.82, 2.24) is 0 Å². The summed E-state index contributed by atoms with van der Waals surface area (Å²) < 4.78 is 0. The van der Waals surface area contributed by atoms with Crippen molar-refractivity contribution in [2.75, 3.05) is 0 Å². The Bertz CT molecular complexity index is 398. The molecular formula is C26H50. The normalized spacial score (nSPS) is 30.5. The third-order valence-corrected chi connectivity index (χ3v) is 6.09. The van der Waals surface area contributed by atoms with Crippen molar-refractivity contribution < 1.29 is 0 Å². The van der Waals surface area contributed by atoms with Gasteiger partial charge in [0.15, 0.2) is 0 Å². The molecule has 2 aliphatic rings. The lowest BCUT2D eigenvalue weighted by Gasteiger charge is -2.44. The molecule has 0 saturated heterocycles. The molecule has 26 heavy (non-hydrogen) atoms. The van der Waals surface area contributed by atoms with Crippen LogP contribution in [-0.2, 0) is 0 Å². The minimum atomic E-state index is 0.571. The molecule has 0 aromatic rings. The van der Waals surface area contributed by atoms with Crippen molar-refractivity contribution in [3.05, 3.63) is 23.8 Å². The van der Waals surface area contributed by atoms with E-state index in [9.17, 15) is 0 Å². The Balaban J connectivity index is 0.000000918. The van der Waals surface area contributed by atoms with E-state index in [-0.39, 0.29) is 0 Å². The van der Waals surface area contributed by atoms with E-state index < -0.39 is 0 Å². The summed E-state index contributed by atoms with van der Waals surface area (Å²) in [7, 11) is 0. The van der Waals surface area contributed by atoms with Crippen LogP contribution in [0.3, 0.4) is 0 Å². The Morgan fingerprint density at radius 1 is 1.04 bits per heavy atom. The van der Waals surface area contributed by atoms with Crippen LogP contribution < -0.4 is 0 Å². The fourth-order valence-electron chi connectivity index (χ4n) is 4.99. The van der Waals surface area contributed by atoms with Crippen molar-refractivity contribution in [3.8, 4) is 0 Å². The molecule has 0 heteroatoms. The number of hydrogen-bond acceptors (Lipinski definition) is 0. The lowest BCUT2D eigenvalue weighted by Crippen LogP contribution is -2.35. The lowest BCUT2D eigenvalue weighted by molar-refractivity contribution is 0.112. The monoisotopic (exact) mass is 362 g/mol. The quantitative estimate of drug-likeness (QED) is 0.437. The third kappa shape index (κ3) is 7.61. The third-order valence-electron chi connectivity index (χ3n) is 6.09. The molecule has 2 rings (SSSR count). The first kappa shape index (κ1) is 25.5. The van der Waals surface area contributed by atoms with Crippen LogP contribution in [0.2, 0.25) is 0 Å². The molecule has 0 N–H and O–H groups in total. The van der Waals surface area contributed by atoms with Gasteiger partial charge in [0, 0.05) is 0 Å². The van der Waals surface area contributed by atoms with Gasteiger partial charge < -0.3 is 0 Å². The maximum absolute atomic E-state index is 2.59. The summed E-state index contributed by atoms with van der Waals surface area (Å²) in [4.78, 5) is 0. The summed E-state index contributed by atoms with van der Waals surface area (Å²) in [5.74, 6) is 3.31. The topological polar surface area (TPSA) is 0 Å². The first-order valence-corrected chi connectivity index (χ1v) is 11.6. The molecule has 0 aromatic carbocycles. The fourth-order valence-corrected chi connectivity index (χ4v) is 4.99. The van der Waals surface area contributed by atoms with Gasteiger partial charge in [-0.15, -0.1) is 0 Å². The van der Waals surface area contributed by atoms with Gasteiger partial charge in [-0.2, -0.15) is 0 Å². The molecule has 0 amide bonds. The highest BCUT2D eigenvalue weighted by atomic mass is 14.5. The van der Waals surface area contributed by atoms with Crippen molar-refractivity contribution in [1.29, 1.82) is 0 Å². The fraction of sp³-hybridized carbons (Fsp3) is 0.846. The van der Waals surface area contributed by atoms with E-state index in [0.717, 1.165) is 23.7 Å². The molecule has 2 fully saturated rings. The van der Waals surface area contributed by atoms with Crippen LogP contribution in [-0.4, -0.2) is 0 Å². The maximum Gasteiger partial charge on any atom is -0.0146 e. The number of hydrogen-bond donors (Lipinski definition) is 0. The number of rotatable bonds is 4. The van der Waals surface area contributed by atoms with Crippen LogP contribution in [0.1, 0.15) is 114 Å². The maximum atomic E-state index is 2.59. The molecule has 2 saturated carbocycles. The van der Waals surface area contributed by atoms with Gasteiger partial charge in [-0.1, -0.05) is 92.0 Å². The van der Waals surface area contributed by atoms with E-state index in [1.54, 1.807) is 5.57 Å². The van der Waals surface area contributed by atoms with Gasteiger partial charge in [-0.25, -0.2) is 0 Å². The molecule has 2 aliphatic carbocycles. The van der Waals surface area contributed by atoms with Gasteiger partial charge in [0.1, 0.15) is 0 Å². The second-order valence-electron chi connectivity index (χ2n) is 9.29. The summed E-state index contributed by atoms with van der Waals surface area (Å²) in [5.41, 5.74) is 2.33. The molecule has 4 atom stereocenters. The summed E-state index contributed by atoms with van der Waals surface area (Å²) in [6, 6.07) is 0. The largest absolute Gasteiger partial charge is 0.0882 e. The minimum absolute atomic E-state index is 0.571. The van der Waals surface area contributed by atoms with Crippen LogP contribution in [0.25, 0.3) is 0 Å². The van der Waals surface area contributed by atoms with Gasteiger partial charge in [-0.05, 0) is 74.5 Å². The molecule has 0 radical (unpaired) electrons. The highest BCUT2D eigenvalue weighted by Crippen LogP contribution is 2.59. The Morgan fingerprint density at radius 3 is 2.12 bits per heavy atom. The Labute approximate surface area is 166 Å². The minimum Gasteiger partial charge on any atom is -0.0882 e. The highest BCUT2D eigenvalue weighted by Gasteiger charge is 2.50.